The van der Waals surface area contributed by atoms with Crippen LogP contribution < -0.4 is 14.8 Å². The molecular formula is C20H20N2O3. The van der Waals surface area contributed by atoms with Crippen molar-refractivity contribution in [2.45, 2.75) is 20.0 Å². The number of nitrogens with zero attached hydrogens (tertiary/aromatic N) is 1. The summed E-state index contributed by atoms with van der Waals surface area (Å²) in [5.74, 6) is 0.717. The van der Waals surface area contributed by atoms with E-state index in [-0.39, 0.29) is 11.7 Å². The average molecular weight is 336 g/mol. The Morgan fingerprint density at radius 3 is 2.52 bits per heavy atom. The molecule has 0 aliphatic heterocycles. The molecule has 0 fully saturated rings. The van der Waals surface area contributed by atoms with E-state index in [0.717, 1.165) is 0 Å². The van der Waals surface area contributed by atoms with Crippen molar-refractivity contribution in [3.8, 4) is 17.6 Å². The van der Waals surface area contributed by atoms with Gasteiger partial charge in [0.25, 0.3) is 5.91 Å². The Bertz CT molecular complexity index is 805. The normalized spacial score (nSPS) is 10.9. The lowest BCUT2D eigenvalue weighted by molar-refractivity contribution is -0.112. The zero-order chi connectivity index (χ0) is 18.2. The summed E-state index contributed by atoms with van der Waals surface area (Å²) in [7, 11) is 1.57. The third kappa shape index (κ3) is 5.11. The Balaban J connectivity index is 2.32. The van der Waals surface area contributed by atoms with Crippen LogP contribution in [0.2, 0.25) is 0 Å². The molecule has 2 rings (SSSR count). The maximum absolute atomic E-state index is 12.3. The molecule has 2 aromatic rings. The summed E-state index contributed by atoms with van der Waals surface area (Å²) in [6.07, 6.45) is 1.46. The number of amides is 1. The van der Waals surface area contributed by atoms with Crippen LogP contribution >= 0.6 is 0 Å². The Morgan fingerprint density at radius 1 is 1.20 bits per heavy atom. The predicted octanol–water partition coefficient (Wildman–Crippen LogP) is 4.03. The molecule has 0 bridgehead atoms. The number of carbonyl (C=O) groups excluding carboxylic acids is 1. The van der Waals surface area contributed by atoms with Crippen LogP contribution in [0.3, 0.4) is 0 Å². The summed E-state index contributed by atoms with van der Waals surface area (Å²) in [5.41, 5.74) is 1.25. The van der Waals surface area contributed by atoms with Gasteiger partial charge in [-0.15, -0.1) is 0 Å². The highest BCUT2D eigenvalue weighted by atomic mass is 16.5. The zero-order valence-corrected chi connectivity index (χ0v) is 14.4. The van der Waals surface area contributed by atoms with Crippen LogP contribution in [0.1, 0.15) is 19.4 Å². The molecule has 1 N–H and O–H groups in total. The molecule has 5 heteroatoms. The van der Waals surface area contributed by atoms with Gasteiger partial charge in [0.1, 0.15) is 23.1 Å². The summed E-state index contributed by atoms with van der Waals surface area (Å²) in [5, 5.41) is 12.1. The molecule has 0 aliphatic carbocycles. The highest BCUT2D eigenvalue weighted by molar-refractivity contribution is 6.09. The number of hydrogen-bond donors (Lipinski definition) is 1. The first-order chi connectivity index (χ1) is 12.0. The maximum atomic E-state index is 12.3. The SMILES string of the molecule is COc1ccc(/C=C(\C#N)C(=O)Nc2ccccc2)c(OC(C)C)c1. The number of anilines is 1. The lowest BCUT2D eigenvalue weighted by atomic mass is 10.1. The lowest BCUT2D eigenvalue weighted by Crippen LogP contribution is -2.13. The molecule has 2 aromatic carbocycles. The highest BCUT2D eigenvalue weighted by Gasteiger charge is 2.12. The molecule has 0 saturated carbocycles. The fourth-order valence-corrected chi connectivity index (χ4v) is 2.14. The van der Waals surface area contributed by atoms with Crippen LogP contribution in [0.15, 0.2) is 54.1 Å². The minimum atomic E-state index is -0.472. The Hall–Kier alpha value is -3.26. The fourth-order valence-electron chi connectivity index (χ4n) is 2.14. The number of methoxy groups -OCH3 is 1. The van der Waals surface area contributed by atoms with E-state index < -0.39 is 5.91 Å². The number of nitriles is 1. The topological polar surface area (TPSA) is 71.3 Å². The summed E-state index contributed by atoms with van der Waals surface area (Å²) < 4.78 is 11.0. The van der Waals surface area contributed by atoms with Gasteiger partial charge in [0, 0.05) is 17.3 Å². The van der Waals surface area contributed by atoms with Crippen molar-refractivity contribution in [2.24, 2.45) is 0 Å². The summed E-state index contributed by atoms with van der Waals surface area (Å²) in [4.78, 5) is 12.3. The van der Waals surface area contributed by atoms with Crippen LogP contribution in [-0.4, -0.2) is 19.1 Å². The first-order valence-electron chi connectivity index (χ1n) is 7.86. The molecule has 0 radical (unpaired) electrons. The van der Waals surface area contributed by atoms with E-state index in [9.17, 15) is 10.1 Å². The number of para-hydroxylation sites is 1. The third-order valence-electron chi connectivity index (χ3n) is 3.28. The number of hydrogen-bond acceptors (Lipinski definition) is 4. The molecule has 25 heavy (non-hydrogen) atoms. The number of benzene rings is 2. The Morgan fingerprint density at radius 2 is 1.92 bits per heavy atom. The van der Waals surface area contributed by atoms with Gasteiger partial charge in [0.05, 0.1) is 13.2 Å². The minimum absolute atomic E-state index is 0.0115. The van der Waals surface area contributed by atoms with E-state index in [0.29, 0.717) is 22.7 Å². The molecule has 0 spiro atoms. The molecule has 0 aliphatic rings. The van der Waals surface area contributed by atoms with Crippen molar-refractivity contribution in [2.75, 3.05) is 12.4 Å². The van der Waals surface area contributed by atoms with E-state index in [1.54, 1.807) is 37.4 Å². The summed E-state index contributed by atoms with van der Waals surface area (Å²) in [6.45, 7) is 3.81. The average Bonchev–Trinajstić information content (AvgIpc) is 2.60. The first kappa shape index (κ1) is 18.1. The largest absolute Gasteiger partial charge is 0.497 e. The van der Waals surface area contributed by atoms with E-state index >= 15 is 0 Å². The van der Waals surface area contributed by atoms with Crippen molar-refractivity contribution >= 4 is 17.7 Å². The third-order valence-corrected chi connectivity index (χ3v) is 3.28. The van der Waals surface area contributed by atoms with Gasteiger partial charge in [0.2, 0.25) is 0 Å². The molecule has 128 valence electrons. The van der Waals surface area contributed by atoms with Crippen LogP contribution in [0, 0.1) is 11.3 Å². The maximum Gasteiger partial charge on any atom is 0.266 e. The smallest absolute Gasteiger partial charge is 0.266 e. The van der Waals surface area contributed by atoms with E-state index in [1.165, 1.54) is 6.08 Å². The van der Waals surface area contributed by atoms with Gasteiger partial charge in [-0.3, -0.25) is 4.79 Å². The second kappa shape index (κ2) is 8.55. The van der Waals surface area contributed by atoms with Crippen LogP contribution in [-0.2, 0) is 4.79 Å². The second-order valence-electron chi connectivity index (χ2n) is 5.56. The van der Waals surface area contributed by atoms with Crippen molar-refractivity contribution in [1.29, 1.82) is 5.26 Å². The number of rotatable bonds is 6. The predicted molar refractivity (Wildman–Crippen MR) is 97.4 cm³/mol. The molecule has 0 saturated heterocycles. The van der Waals surface area contributed by atoms with Crippen LogP contribution in [0.5, 0.6) is 11.5 Å². The minimum Gasteiger partial charge on any atom is -0.497 e. The van der Waals surface area contributed by atoms with Crippen LogP contribution in [0.25, 0.3) is 6.08 Å². The molecular weight excluding hydrogens is 316 g/mol. The van der Waals surface area contributed by atoms with Gasteiger partial charge in [-0.25, -0.2) is 0 Å². The van der Waals surface area contributed by atoms with Gasteiger partial charge < -0.3 is 14.8 Å². The van der Waals surface area contributed by atoms with E-state index in [1.807, 2.05) is 38.1 Å². The molecule has 1 amide bonds. The van der Waals surface area contributed by atoms with Crippen molar-refractivity contribution < 1.29 is 14.3 Å². The summed E-state index contributed by atoms with van der Waals surface area (Å²) >= 11 is 0. The lowest BCUT2D eigenvalue weighted by Gasteiger charge is -2.14. The van der Waals surface area contributed by atoms with E-state index in [4.69, 9.17) is 9.47 Å². The van der Waals surface area contributed by atoms with Crippen molar-refractivity contribution in [1.82, 2.24) is 0 Å². The Labute approximate surface area is 147 Å². The molecule has 0 aromatic heterocycles. The quantitative estimate of drug-likeness (QED) is 0.638. The highest BCUT2D eigenvalue weighted by Crippen LogP contribution is 2.28. The first-order valence-corrected chi connectivity index (χ1v) is 7.86. The molecule has 0 atom stereocenters. The number of ether oxygens (including phenoxy) is 2. The van der Waals surface area contributed by atoms with Crippen molar-refractivity contribution in [3.05, 3.63) is 59.7 Å². The van der Waals surface area contributed by atoms with Gasteiger partial charge in [-0.2, -0.15) is 5.26 Å². The zero-order valence-electron chi connectivity index (χ0n) is 14.4. The monoisotopic (exact) mass is 336 g/mol. The van der Waals surface area contributed by atoms with E-state index in [2.05, 4.69) is 5.32 Å². The van der Waals surface area contributed by atoms with Gasteiger partial charge in [-0.05, 0) is 44.2 Å². The fraction of sp³-hybridized carbons (Fsp3) is 0.200. The summed E-state index contributed by atoms with van der Waals surface area (Å²) in [6, 6.07) is 16.2. The molecule has 5 nitrogen and oxygen atoms in total. The Kier molecular flexibility index (Phi) is 6.19. The van der Waals surface area contributed by atoms with Gasteiger partial charge in [-0.1, -0.05) is 18.2 Å². The number of carbonyl (C=O) groups is 1. The van der Waals surface area contributed by atoms with Gasteiger partial charge >= 0.3 is 0 Å². The molecule has 0 unspecified atom stereocenters. The van der Waals surface area contributed by atoms with Crippen molar-refractivity contribution in [3.63, 3.8) is 0 Å². The van der Waals surface area contributed by atoms with Crippen LogP contribution in [0.4, 0.5) is 5.69 Å². The van der Waals surface area contributed by atoms with Gasteiger partial charge in [0.15, 0.2) is 0 Å². The standard InChI is InChI=1S/C20H20N2O3/c1-14(2)25-19-12-18(24-3)10-9-15(19)11-16(13-21)20(23)22-17-7-5-4-6-8-17/h4-12,14H,1-3H3,(H,22,23)/b16-11+. The number of nitrogens with one attached hydrogen (secondary N) is 1. The second-order valence-corrected chi connectivity index (χ2v) is 5.56. The molecule has 0 heterocycles.